The number of likely N-dealkylation sites (N-methyl/N-ethyl adjacent to an activating group) is 1. The molecule has 2 heterocycles. The molecule has 1 aromatic heterocycles. The predicted molar refractivity (Wildman–Crippen MR) is 76.8 cm³/mol. The van der Waals surface area contributed by atoms with Crippen LogP contribution in [0.25, 0.3) is 0 Å². The van der Waals surface area contributed by atoms with E-state index in [2.05, 4.69) is 19.9 Å². The molecular formula is C12H22N6O2. The zero-order valence-electron chi connectivity index (χ0n) is 12.0. The highest BCUT2D eigenvalue weighted by Crippen LogP contribution is 2.18. The molecule has 1 aromatic rings. The Balaban J connectivity index is 2.10. The molecule has 0 spiro atoms. The highest BCUT2D eigenvalue weighted by atomic mass is 16.5. The van der Waals surface area contributed by atoms with Crippen LogP contribution in [0.4, 0.5) is 17.8 Å². The van der Waals surface area contributed by atoms with E-state index in [0.717, 1.165) is 25.9 Å². The molecule has 8 heteroatoms. The zero-order valence-corrected chi connectivity index (χ0v) is 12.0. The smallest absolute Gasteiger partial charge is 0.231 e. The van der Waals surface area contributed by atoms with E-state index in [1.807, 2.05) is 0 Å². The van der Waals surface area contributed by atoms with Crippen LogP contribution in [-0.4, -0.2) is 66.6 Å². The van der Waals surface area contributed by atoms with Gasteiger partial charge in [-0.15, -0.1) is 0 Å². The average Bonchev–Trinajstić information content (AvgIpc) is 2.92. The van der Waals surface area contributed by atoms with Crippen LogP contribution in [0.3, 0.4) is 0 Å². The second-order valence-electron chi connectivity index (χ2n) is 4.98. The number of aliphatic hydroxyl groups is 1. The van der Waals surface area contributed by atoms with Crippen molar-refractivity contribution in [3.8, 4) is 0 Å². The second kappa shape index (κ2) is 6.67. The first-order chi connectivity index (χ1) is 9.60. The standard InChI is InChI=1S/C12H22N6O2/c1-17(7-9(19)8-20-2)11-14-10(13)15-12(16-11)18-5-3-4-6-18/h9,19H,3-8H2,1-2H3,(H2,13,14,15,16). The van der Waals surface area contributed by atoms with E-state index in [0.29, 0.717) is 18.4 Å². The zero-order chi connectivity index (χ0) is 14.5. The van der Waals surface area contributed by atoms with Gasteiger partial charge in [0.25, 0.3) is 0 Å². The number of nitrogens with two attached hydrogens (primary N) is 1. The summed E-state index contributed by atoms with van der Waals surface area (Å²) in [6, 6.07) is 0. The van der Waals surface area contributed by atoms with E-state index in [4.69, 9.17) is 10.5 Å². The fourth-order valence-electron chi connectivity index (χ4n) is 2.24. The molecule has 0 saturated carbocycles. The molecule has 1 fully saturated rings. The Morgan fingerprint density at radius 2 is 2.05 bits per heavy atom. The summed E-state index contributed by atoms with van der Waals surface area (Å²) in [6.45, 7) is 2.53. The van der Waals surface area contributed by atoms with E-state index < -0.39 is 6.10 Å². The van der Waals surface area contributed by atoms with Crippen LogP contribution in [-0.2, 0) is 4.74 Å². The molecule has 0 bridgehead atoms. The Kier molecular flexibility index (Phi) is 4.91. The number of aliphatic hydroxyl groups excluding tert-OH is 1. The number of hydrogen-bond acceptors (Lipinski definition) is 8. The molecule has 0 radical (unpaired) electrons. The molecule has 20 heavy (non-hydrogen) atoms. The first-order valence-electron chi connectivity index (χ1n) is 6.75. The van der Waals surface area contributed by atoms with Crippen molar-refractivity contribution >= 4 is 17.8 Å². The number of anilines is 3. The third kappa shape index (κ3) is 3.67. The topological polar surface area (TPSA) is 101 Å². The van der Waals surface area contributed by atoms with Gasteiger partial charge in [0.15, 0.2) is 0 Å². The maximum absolute atomic E-state index is 9.75. The summed E-state index contributed by atoms with van der Waals surface area (Å²) in [7, 11) is 3.36. The second-order valence-corrected chi connectivity index (χ2v) is 4.98. The lowest BCUT2D eigenvalue weighted by Crippen LogP contribution is -2.33. The molecule has 8 nitrogen and oxygen atoms in total. The minimum Gasteiger partial charge on any atom is -0.389 e. The first kappa shape index (κ1) is 14.7. The Labute approximate surface area is 118 Å². The van der Waals surface area contributed by atoms with Crippen LogP contribution in [0.15, 0.2) is 0 Å². The number of aromatic nitrogens is 3. The van der Waals surface area contributed by atoms with Crippen molar-refractivity contribution in [1.29, 1.82) is 0 Å². The van der Waals surface area contributed by atoms with Crippen LogP contribution in [0.2, 0.25) is 0 Å². The molecule has 1 unspecified atom stereocenters. The van der Waals surface area contributed by atoms with Gasteiger partial charge in [0.1, 0.15) is 0 Å². The minimum absolute atomic E-state index is 0.199. The monoisotopic (exact) mass is 282 g/mol. The van der Waals surface area contributed by atoms with Crippen LogP contribution in [0, 0.1) is 0 Å². The van der Waals surface area contributed by atoms with Crippen molar-refractivity contribution in [2.45, 2.75) is 18.9 Å². The molecule has 1 aliphatic rings. The molecule has 3 N–H and O–H groups in total. The number of nitrogen functional groups attached to an aromatic ring is 1. The van der Waals surface area contributed by atoms with E-state index in [9.17, 15) is 5.11 Å². The van der Waals surface area contributed by atoms with Gasteiger partial charge in [-0.05, 0) is 12.8 Å². The highest BCUT2D eigenvalue weighted by molar-refractivity contribution is 5.43. The Hall–Kier alpha value is -1.67. The summed E-state index contributed by atoms with van der Waals surface area (Å²) in [5.74, 6) is 1.28. The van der Waals surface area contributed by atoms with E-state index in [1.165, 1.54) is 0 Å². The highest BCUT2D eigenvalue weighted by Gasteiger charge is 2.18. The number of hydrogen-bond donors (Lipinski definition) is 2. The Morgan fingerprint density at radius 3 is 2.70 bits per heavy atom. The minimum atomic E-state index is -0.599. The van der Waals surface area contributed by atoms with Crippen LogP contribution < -0.4 is 15.5 Å². The lowest BCUT2D eigenvalue weighted by atomic mass is 10.3. The molecule has 0 amide bonds. The molecule has 1 saturated heterocycles. The number of nitrogens with zero attached hydrogens (tertiary/aromatic N) is 5. The van der Waals surface area contributed by atoms with Crippen LogP contribution in [0.5, 0.6) is 0 Å². The number of rotatable bonds is 6. The quantitative estimate of drug-likeness (QED) is 0.720. The largest absolute Gasteiger partial charge is 0.389 e. The summed E-state index contributed by atoms with van der Waals surface area (Å²) in [6.07, 6.45) is 1.69. The van der Waals surface area contributed by atoms with Crippen molar-refractivity contribution in [2.75, 3.05) is 55.9 Å². The maximum atomic E-state index is 9.75. The van der Waals surface area contributed by atoms with E-state index in [-0.39, 0.29) is 12.6 Å². The molecular weight excluding hydrogens is 260 g/mol. The maximum Gasteiger partial charge on any atom is 0.231 e. The Morgan fingerprint density at radius 1 is 1.35 bits per heavy atom. The molecule has 0 aliphatic carbocycles. The summed E-state index contributed by atoms with van der Waals surface area (Å²) in [5.41, 5.74) is 5.75. The lowest BCUT2D eigenvalue weighted by molar-refractivity contribution is 0.0693. The predicted octanol–water partition coefficient (Wildman–Crippen LogP) is -0.502. The van der Waals surface area contributed by atoms with Gasteiger partial charge in [-0.3, -0.25) is 0 Å². The third-order valence-corrected chi connectivity index (χ3v) is 3.20. The van der Waals surface area contributed by atoms with Gasteiger partial charge < -0.3 is 25.4 Å². The third-order valence-electron chi connectivity index (χ3n) is 3.20. The molecule has 1 atom stereocenters. The summed E-state index contributed by atoms with van der Waals surface area (Å²) in [4.78, 5) is 16.6. The van der Waals surface area contributed by atoms with Crippen molar-refractivity contribution in [3.05, 3.63) is 0 Å². The molecule has 112 valence electrons. The van der Waals surface area contributed by atoms with Crippen molar-refractivity contribution in [3.63, 3.8) is 0 Å². The van der Waals surface area contributed by atoms with E-state index in [1.54, 1.807) is 19.1 Å². The number of methoxy groups -OCH3 is 1. The number of ether oxygens (including phenoxy) is 1. The fraction of sp³-hybridized carbons (Fsp3) is 0.750. The molecule has 1 aliphatic heterocycles. The van der Waals surface area contributed by atoms with Gasteiger partial charge in [0.2, 0.25) is 17.8 Å². The normalized spacial score (nSPS) is 16.4. The van der Waals surface area contributed by atoms with Gasteiger partial charge in [-0.1, -0.05) is 0 Å². The van der Waals surface area contributed by atoms with Crippen molar-refractivity contribution < 1.29 is 9.84 Å². The van der Waals surface area contributed by atoms with Crippen molar-refractivity contribution in [1.82, 2.24) is 15.0 Å². The van der Waals surface area contributed by atoms with Crippen molar-refractivity contribution in [2.24, 2.45) is 0 Å². The summed E-state index contributed by atoms with van der Waals surface area (Å²) in [5, 5.41) is 9.75. The van der Waals surface area contributed by atoms with Crippen LogP contribution in [0.1, 0.15) is 12.8 Å². The summed E-state index contributed by atoms with van der Waals surface area (Å²) >= 11 is 0. The average molecular weight is 282 g/mol. The van der Waals surface area contributed by atoms with Gasteiger partial charge in [-0.2, -0.15) is 15.0 Å². The van der Waals surface area contributed by atoms with Gasteiger partial charge in [0, 0.05) is 33.8 Å². The lowest BCUT2D eigenvalue weighted by Gasteiger charge is -2.22. The first-order valence-corrected chi connectivity index (χ1v) is 6.75. The fourth-order valence-corrected chi connectivity index (χ4v) is 2.24. The van der Waals surface area contributed by atoms with E-state index >= 15 is 0 Å². The summed E-state index contributed by atoms with van der Waals surface area (Å²) < 4.78 is 4.91. The Bertz CT molecular complexity index is 438. The van der Waals surface area contributed by atoms with Gasteiger partial charge in [0.05, 0.1) is 12.7 Å². The molecule has 0 aromatic carbocycles. The molecule has 2 rings (SSSR count). The SMILES string of the molecule is COCC(O)CN(C)c1nc(N)nc(N2CCCC2)n1. The van der Waals surface area contributed by atoms with Gasteiger partial charge >= 0.3 is 0 Å². The van der Waals surface area contributed by atoms with Gasteiger partial charge in [-0.25, -0.2) is 0 Å². The van der Waals surface area contributed by atoms with Crippen LogP contribution >= 0.6 is 0 Å².